The molecule has 9 heteroatoms. The lowest BCUT2D eigenvalue weighted by Gasteiger charge is -2.19. The summed E-state index contributed by atoms with van der Waals surface area (Å²) in [5.74, 6) is 0. The maximum atomic E-state index is 12.3. The van der Waals surface area contributed by atoms with Crippen LogP contribution in [0.4, 0.5) is 18.0 Å². The number of nitrogens with zero attached hydrogens (tertiary/aromatic N) is 2. The van der Waals surface area contributed by atoms with Crippen molar-refractivity contribution in [2.45, 2.75) is 19.6 Å². The molecule has 1 rings (SSSR count). The number of likely N-dealkylation sites (N-methyl/N-ethyl adjacent to an activating group) is 1. The summed E-state index contributed by atoms with van der Waals surface area (Å²) in [4.78, 5) is 16.3. The number of carbonyl (C=O) groups is 1. The summed E-state index contributed by atoms with van der Waals surface area (Å²) in [5, 5.41) is 12.3. The van der Waals surface area contributed by atoms with E-state index in [1.807, 2.05) is 0 Å². The van der Waals surface area contributed by atoms with Gasteiger partial charge < -0.3 is 15.3 Å². The Morgan fingerprint density at radius 2 is 2.26 bits per heavy atom. The molecule has 108 valence electrons. The van der Waals surface area contributed by atoms with E-state index in [4.69, 9.17) is 5.11 Å². The monoisotopic (exact) mass is 297 g/mol. The van der Waals surface area contributed by atoms with E-state index in [-0.39, 0.29) is 24.7 Å². The third kappa shape index (κ3) is 4.67. The third-order valence-electron chi connectivity index (χ3n) is 2.27. The SMILES string of the molecule is CCN(CCO)C(=O)NCc1nc(C(F)(F)F)cs1. The lowest BCUT2D eigenvalue weighted by Crippen LogP contribution is -2.41. The second kappa shape index (κ2) is 6.71. The molecule has 19 heavy (non-hydrogen) atoms. The van der Waals surface area contributed by atoms with Gasteiger partial charge in [0.15, 0.2) is 5.69 Å². The number of aliphatic hydroxyl groups is 1. The number of thiazole rings is 1. The van der Waals surface area contributed by atoms with Gasteiger partial charge in [-0.2, -0.15) is 13.2 Å². The highest BCUT2D eigenvalue weighted by molar-refractivity contribution is 7.09. The van der Waals surface area contributed by atoms with Crippen LogP contribution in [0, 0.1) is 0 Å². The predicted molar refractivity (Wildman–Crippen MR) is 63.7 cm³/mol. The van der Waals surface area contributed by atoms with Gasteiger partial charge >= 0.3 is 12.2 Å². The standard InChI is InChI=1S/C10H14F3N3O2S/c1-2-16(3-4-17)9(18)14-5-8-15-7(6-19-8)10(11,12)13/h6,17H,2-5H2,1H3,(H,14,18). The van der Waals surface area contributed by atoms with E-state index in [1.54, 1.807) is 6.92 Å². The molecular weight excluding hydrogens is 283 g/mol. The van der Waals surface area contributed by atoms with E-state index >= 15 is 0 Å². The van der Waals surface area contributed by atoms with Crippen molar-refractivity contribution in [3.63, 3.8) is 0 Å². The Balaban J connectivity index is 2.52. The average Bonchev–Trinajstić information content (AvgIpc) is 2.81. The fraction of sp³-hybridized carbons (Fsp3) is 0.600. The highest BCUT2D eigenvalue weighted by atomic mass is 32.1. The van der Waals surface area contributed by atoms with Crippen LogP contribution in [-0.4, -0.2) is 40.7 Å². The first-order valence-corrected chi connectivity index (χ1v) is 6.41. The van der Waals surface area contributed by atoms with Crippen LogP contribution in [0.5, 0.6) is 0 Å². The summed E-state index contributed by atoms with van der Waals surface area (Å²) in [6.45, 7) is 2.07. The van der Waals surface area contributed by atoms with Gasteiger partial charge in [0.05, 0.1) is 13.2 Å². The molecule has 0 fully saturated rings. The van der Waals surface area contributed by atoms with Crippen LogP contribution in [-0.2, 0) is 12.7 Å². The number of urea groups is 1. The first kappa shape index (κ1) is 15.7. The first-order valence-electron chi connectivity index (χ1n) is 5.53. The average molecular weight is 297 g/mol. The van der Waals surface area contributed by atoms with Gasteiger partial charge in [-0.1, -0.05) is 0 Å². The topological polar surface area (TPSA) is 65.5 Å². The van der Waals surface area contributed by atoms with E-state index in [0.717, 1.165) is 16.7 Å². The molecule has 5 nitrogen and oxygen atoms in total. The Morgan fingerprint density at radius 1 is 1.58 bits per heavy atom. The van der Waals surface area contributed by atoms with Gasteiger partial charge in [-0.25, -0.2) is 9.78 Å². The number of hydrogen-bond acceptors (Lipinski definition) is 4. The molecule has 2 amide bonds. The molecule has 1 aromatic rings. The lowest BCUT2D eigenvalue weighted by molar-refractivity contribution is -0.140. The van der Waals surface area contributed by atoms with Crippen LogP contribution < -0.4 is 5.32 Å². The molecule has 0 saturated heterocycles. The van der Waals surface area contributed by atoms with Crippen LogP contribution in [0.1, 0.15) is 17.6 Å². The van der Waals surface area contributed by atoms with Gasteiger partial charge in [0, 0.05) is 18.5 Å². The fourth-order valence-corrected chi connectivity index (χ4v) is 2.05. The largest absolute Gasteiger partial charge is 0.434 e. The van der Waals surface area contributed by atoms with Crippen LogP contribution >= 0.6 is 11.3 Å². The van der Waals surface area contributed by atoms with Gasteiger partial charge in [0.2, 0.25) is 0 Å². The molecule has 1 aromatic heterocycles. The number of nitrogens with one attached hydrogen (secondary N) is 1. The molecule has 2 N–H and O–H groups in total. The molecule has 0 atom stereocenters. The van der Waals surface area contributed by atoms with E-state index in [1.165, 1.54) is 4.90 Å². The normalized spacial score (nSPS) is 11.4. The number of hydrogen-bond donors (Lipinski definition) is 2. The summed E-state index contributed by atoms with van der Waals surface area (Å²) < 4.78 is 36.9. The van der Waals surface area contributed by atoms with Crippen LogP contribution in [0.2, 0.25) is 0 Å². The van der Waals surface area contributed by atoms with Crippen molar-refractivity contribution in [3.05, 3.63) is 16.1 Å². The van der Waals surface area contributed by atoms with Gasteiger partial charge in [-0.3, -0.25) is 0 Å². The van der Waals surface area contributed by atoms with Crippen LogP contribution in [0.15, 0.2) is 5.38 Å². The Labute approximate surface area is 112 Å². The molecule has 0 bridgehead atoms. The highest BCUT2D eigenvalue weighted by Gasteiger charge is 2.33. The maximum Gasteiger partial charge on any atom is 0.434 e. The van der Waals surface area contributed by atoms with Crippen molar-refractivity contribution in [3.8, 4) is 0 Å². The number of halogens is 3. The molecule has 0 aliphatic carbocycles. The second-order valence-electron chi connectivity index (χ2n) is 3.59. The minimum Gasteiger partial charge on any atom is -0.395 e. The zero-order valence-corrected chi connectivity index (χ0v) is 11.0. The quantitative estimate of drug-likeness (QED) is 0.869. The molecule has 0 unspecified atom stereocenters. The van der Waals surface area contributed by atoms with E-state index < -0.39 is 17.9 Å². The minimum absolute atomic E-state index is 0.0679. The molecular formula is C10H14F3N3O2S. The van der Waals surface area contributed by atoms with Crippen LogP contribution in [0.25, 0.3) is 0 Å². The van der Waals surface area contributed by atoms with E-state index in [2.05, 4.69) is 10.3 Å². The van der Waals surface area contributed by atoms with Crippen molar-refractivity contribution in [2.75, 3.05) is 19.7 Å². The van der Waals surface area contributed by atoms with Crippen molar-refractivity contribution in [1.82, 2.24) is 15.2 Å². The van der Waals surface area contributed by atoms with Crippen molar-refractivity contribution >= 4 is 17.4 Å². The lowest BCUT2D eigenvalue weighted by atomic mass is 10.5. The van der Waals surface area contributed by atoms with Crippen molar-refractivity contribution in [2.24, 2.45) is 0 Å². The number of amides is 2. The highest BCUT2D eigenvalue weighted by Crippen LogP contribution is 2.29. The first-order chi connectivity index (χ1) is 8.88. The van der Waals surface area contributed by atoms with Gasteiger partial charge in [-0.15, -0.1) is 11.3 Å². The van der Waals surface area contributed by atoms with Gasteiger partial charge in [-0.05, 0) is 6.92 Å². The molecule has 0 spiro atoms. The van der Waals surface area contributed by atoms with E-state index in [0.29, 0.717) is 6.54 Å². The maximum absolute atomic E-state index is 12.3. The zero-order chi connectivity index (χ0) is 14.5. The van der Waals surface area contributed by atoms with Gasteiger partial charge in [0.25, 0.3) is 0 Å². The molecule has 0 aliphatic heterocycles. The minimum atomic E-state index is -4.47. The number of carbonyl (C=O) groups excluding carboxylic acids is 1. The number of aromatic nitrogens is 1. The smallest absolute Gasteiger partial charge is 0.395 e. The predicted octanol–water partition coefficient (Wildman–Crippen LogP) is 1.69. The third-order valence-corrected chi connectivity index (χ3v) is 3.12. The second-order valence-corrected chi connectivity index (χ2v) is 4.53. The zero-order valence-electron chi connectivity index (χ0n) is 10.2. The summed E-state index contributed by atoms with van der Waals surface area (Å²) in [6, 6.07) is -0.444. The van der Waals surface area contributed by atoms with Crippen molar-refractivity contribution in [1.29, 1.82) is 0 Å². The number of aliphatic hydroxyl groups excluding tert-OH is 1. The Hall–Kier alpha value is -1.35. The van der Waals surface area contributed by atoms with Gasteiger partial charge in [0.1, 0.15) is 5.01 Å². The number of rotatable bonds is 5. The molecule has 0 aromatic carbocycles. The summed E-state index contributed by atoms with van der Waals surface area (Å²) in [6.07, 6.45) is -4.47. The molecule has 0 radical (unpaired) electrons. The molecule has 1 heterocycles. The molecule has 0 aliphatic rings. The van der Waals surface area contributed by atoms with Crippen molar-refractivity contribution < 1.29 is 23.1 Å². The number of alkyl halides is 3. The summed E-state index contributed by atoms with van der Waals surface area (Å²) in [7, 11) is 0. The Morgan fingerprint density at radius 3 is 2.74 bits per heavy atom. The van der Waals surface area contributed by atoms with E-state index in [9.17, 15) is 18.0 Å². The summed E-state index contributed by atoms with van der Waals surface area (Å²) in [5.41, 5.74) is -0.954. The fourth-order valence-electron chi connectivity index (χ4n) is 1.31. The Bertz CT molecular complexity index is 422. The summed E-state index contributed by atoms with van der Waals surface area (Å²) >= 11 is 0.837. The Kier molecular flexibility index (Phi) is 5.55. The molecule has 0 saturated carbocycles. The van der Waals surface area contributed by atoms with Crippen LogP contribution in [0.3, 0.4) is 0 Å².